The van der Waals surface area contributed by atoms with Gasteiger partial charge in [-0.25, -0.2) is 0 Å². The number of aromatic nitrogens is 3. The third-order valence-corrected chi connectivity index (χ3v) is 7.24. The third kappa shape index (κ3) is 3.91. The van der Waals surface area contributed by atoms with E-state index in [0.29, 0.717) is 17.8 Å². The van der Waals surface area contributed by atoms with Crippen LogP contribution in [0, 0.1) is 0 Å². The Morgan fingerprint density at radius 3 is 2.29 bits per heavy atom. The SMILES string of the molecule is CN1CCN(C2CC(n3nc(-c4ccc(Oc5ccccc5)cc4)c4c(N)cncc43)C2)CC1. The number of hydrogen-bond acceptors (Lipinski definition) is 6. The van der Waals surface area contributed by atoms with Crippen molar-refractivity contribution >= 4 is 16.6 Å². The van der Waals surface area contributed by atoms with Crippen LogP contribution in [0.5, 0.6) is 11.5 Å². The predicted octanol–water partition coefficient (Wildman–Crippen LogP) is 4.42. The molecule has 0 radical (unpaired) electrons. The van der Waals surface area contributed by atoms with Crippen molar-refractivity contribution in [1.29, 1.82) is 0 Å². The molecule has 2 aliphatic rings. The molecule has 1 aliphatic heterocycles. The summed E-state index contributed by atoms with van der Waals surface area (Å²) >= 11 is 0. The maximum Gasteiger partial charge on any atom is 0.127 e. The van der Waals surface area contributed by atoms with Gasteiger partial charge in [-0.3, -0.25) is 14.6 Å². The van der Waals surface area contributed by atoms with Gasteiger partial charge in [0.15, 0.2) is 0 Å². The van der Waals surface area contributed by atoms with Gasteiger partial charge in [-0.15, -0.1) is 0 Å². The van der Waals surface area contributed by atoms with E-state index in [0.717, 1.165) is 72.7 Å². The van der Waals surface area contributed by atoms with Gasteiger partial charge in [0.2, 0.25) is 0 Å². The minimum absolute atomic E-state index is 0.380. The van der Waals surface area contributed by atoms with Crippen LogP contribution in [0.2, 0.25) is 0 Å². The minimum atomic E-state index is 0.380. The fraction of sp³-hybridized carbons (Fsp3) is 0.333. The van der Waals surface area contributed by atoms with Crippen molar-refractivity contribution in [3.05, 3.63) is 67.0 Å². The van der Waals surface area contributed by atoms with Crippen LogP contribution in [0.3, 0.4) is 0 Å². The lowest BCUT2D eigenvalue weighted by Crippen LogP contribution is -2.53. The lowest BCUT2D eigenvalue weighted by molar-refractivity contribution is 0.0419. The molecule has 1 saturated carbocycles. The summed E-state index contributed by atoms with van der Waals surface area (Å²) in [6.07, 6.45) is 5.87. The second-order valence-corrected chi connectivity index (χ2v) is 9.47. The summed E-state index contributed by atoms with van der Waals surface area (Å²) in [6.45, 7) is 4.62. The highest BCUT2D eigenvalue weighted by atomic mass is 16.5. The molecule has 2 N–H and O–H groups in total. The van der Waals surface area contributed by atoms with Gasteiger partial charge >= 0.3 is 0 Å². The van der Waals surface area contributed by atoms with Gasteiger partial charge in [0.05, 0.1) is 35.0 Å². The monoisotopic (exact) mass is 454 g/mol. The molecule has 6 rings (SSSR count). The van der Waals surface area contributed by atoms with Gasteiger partial charge in [0, 0.05) is 37.8 Å². The minimum Gasteiger partial charge on any atom is -0.457 e. The van der Waals surface area contributed by atoms with Crippen LogP contribution in [-0.2, 0) is 0 Å². The molecule has 2 fully saturated rings. The summed E-state index contributed by atoms with van der Waals surface area (Å²) in [5.74, 6) is 1.61. The van der Waals surface area contributed by atoms with E-state index in [4.69, 9.17) is 15.6 Å². The number of piperazine rings is 1. The molecule has 34 heavy (non-hydrogen) atoms. The van der Waals surface area contributed by atoms with Crippen LogP contribution in [0.4, 0.5) is 5.69 Å². The molecule has 7 nitrogen and oxygen atoms in total. The molecule has 2 aromatic heterocycles. The number of anilines is 1. The first-order valence-corrected chi connectivity index (χ1v) is 12.0. The van der Waals surface area contributed by atoms with Crippen LogP contribution >= 0.6 is 0 Å². The van der Waals surface area contributed by atoms with E-state index in [9.17, 15) is 0 Å². The van der Waals surface area contributed by atoms with E-state index < -0.39 is 0 Å². The van der Waals surface area contributed by atoms with Gasteiger partial charge in [-0.05, 0) is 56.3 Å². The first-order chi connectivity index (χ1) is 16.7. The Morgan fingerprint density at radius 1 is 0.853 bits per heavy atom. The second kappa shape index (κ2) is 8.74. The predicted molar refractivity (Wildman–Crippen MR) is 135 cm³/mol. The van der Waals surface area contributed by atoms with Crippen molar-refractivity contribution in [2.24, 2.45) is 0 Å². The lowest BCUT2D eigenvalue weighted by Gasteiger charge is -2.46. The van der Waals surface area contributed by atoms with Crippen LogP contribution in [0.25, 0.3) is 22.2 Å². The zero-order valence-corrected chi connectivity index (χ0v) is 19.5. The van der Waals surface area contributed by atoms with E-state index in [2.05, 4.69) is 38.6 Å². The van der Waals surface area contributed by atoms with Crippen LogP contribution < -0.4 is 10.5 Å². The van der Waals surface area contributed by atoms with Crippen molar-refractivity contribution in [3.63, 3.8) is 0 Å². The van der Waals surface area contributed by atoms with Gasteiger partial charge in [0.25, 0.3) is 0 Å². The van der Waals surface area contributed by atoms with E-state index >= 15 is 0 Å². The number of nitrogen functional groups attached to an aromatic ring is 1. The van der Waals surface area contributed by atoms with E-state index in [-0.39, 0.29) is 0 Å². The number of pyridine rings is 1. The van der Waals surface area contributed by atoms with Crippen LogP contribution in [0.1, 0.15) is 18.9 Å². The van der Waals surface area contributed by atoms with Crippen molar-refractivity contribution in [1.82, 2.24) is 24.6 Å². The van der Waals surface area contributed by atoms with Crippen molar-refractivity contribution in [3.8, 4) is 22.8 Å². The molecule has 4 aromatic rings. The average molecular weight is 455 g/mol. The largest absolute Gasteiger partial charge is 0.457 e. The molecule has 2 aromatic carbocycles. The standard InChI is InChI=1S/C27H30N6O/c1-31-11-13-32(14-12-31)20-15-21(16-20)33-25-18-29-17-24(28)26(25)27(30-33)19-7-9-23(10-8-19)34-22-5-3-2-4-6-22/h2-10,17-18,20-21H,11-16,28H2,1H3. The molecular formula is C27H30N6O. The molecule has 0 unspecified atom stereocenters. The smallest absolute Gasteiger partial charge is 0.127 e. The fourth-order valence-electron chi connectivity index (χ4n) is 5.14. The Balaban J connectivity index is 1.25. The Bertz CT molecular complexity index is 1270. The molecule has 3 heterocycles. The summed E-state index contributed by atoms with van der Waals surface area (Å²) in [5, 5.41) is 6.06. The van der Waals surface area contributed by atoms with Crippen LogP contribution in [-0.4, -0.2) is 63.8 Å². The van der Waals surface area contributed by atoms with Gasteiger partial charge in [-0.2, -0.15) is 5.10 Å². The number of fused-ring (bicyclic) bond motifs is 1. The number of ether oxygens (including phenoxy) is 1. The van der Waals surface area contributed by atoms with Gasteiger partial charge in [0.1, 0.15) is 17.2 Å². The highest BCUT2D eigenvalue weighted by molar-refractivity contribution is 6.01. The quantitative estimate of drug-likeness (QED) is 0.481. The Morgan fingerprint density at radius 2 is 1.56 bits per heavy atom. The Kier molecular flexibility index (Phi) is 5.43. The second-order valence-electron chi connectivity index (χ2n) is 9.47. The summed E-state index contributed by atoms with van der Waals surface area (Å²) in [4.78, 5) is 9.42. The maximum absolute atomic E-state index is 6.40. The molecule has 0 amide bonds. The van der Waals surface area contributed by atoms with Crippen molar-refractivity contribution < 1.29 is 4.74 Å². The normalized spacial score (nSPS) is 21.4. The van der Waals surface area contributed by atoms with E-state index in [1.165, 1.54) is 0 Å². The van der Waals surface area contributed by atoms with Crippen molar-refractivity contribution in [2.75, 3.05) is 39.0 Å². The number of benzene rings is 2. The maximum atomic E-state index is 6.40. The number of likely N-dealkylation sites (N-methyl/N-ethyl adjacent to an activating group) is 1. The van der Waals surface area contributed by atoms with Crippen LogP contribution in [0.15, 0.2) is 67.0 Å². The number of nitrogens with two attached hydrogens (primary N) is 1. The van der Waals surface area contributed by atoms with E-state index in [1.807, 2.05) is 48.7 Å². The summed E-state index contributed by atoms with van der Waals surface area (Å²) in [6, 6.07) is 18.9. The third-order valence-electron chi connectivity index (χ3n) is 7.24. The number of nitrogens with zero attached hydrogens (tertiary/aromatic N) is 5. The number of para-hydroxylation sites is 1. The first-order valence-electron chi connectivity index (χ1n) is 12.0. The summed E-state index contributed by atoms with van der Waals surface area (Å²) < 4.78 is 8.12. The highest BCUT2D eigenvalue weighted by Gasteiger charge is 2.37. The lowest BCUT2D eigenvalue weighted by atomic mass is 9.85. The summed E-state index contributed by atoms with van der Waals surface area (Å²) in [7, 11) is 2.20. The highest BCUT2D eigenvalue weighted by Crippen LogP contribution is 2.41. The van der Waals surface area contributed by atoms with Gasteiger partial charge < -0.3 is 15.4 Å². The average Bonchev–Trinajstić information content (AvgIpc) is 3.21. The zero-order chi connectivity index (χ0) is 23.1. The fourth-order valence-corrected chi connectivity index (χ4v) is 5.14. The number of hydrogen-bond donors (Lipinski definition) is 1. The Labute approximate surface area is 199 Å². The zero-order valence-electron chi connectivity index (χ0n) is 19.5. The molecule has 174 valence electrons. The molecular weight excluding hydrogens is 424 g/mol. The van der Waals surface area contributed by atoms with E-state index in [1.54, 1.807) is 6.20 Å². The van der Waals surface area contributed by atoms with Crippen molar-refractivity contribution in [2.45, 2.75) is 24.9 Å². The summed E-state index contributed by atoms with van der Waals surface area (Å²) in [5.41, 5.74) is 10.0. The first kappa shape index (κ1) is 21.1. The molecule has 0 bridgehead atoms. The molecule has 1 aliphatic carbocycles. The molecule has 7 heteroatoms. The topological polar surface area (TPSA) is 72.4 Å². The Hall–Kier alpha value is -3.42. The number of rotatable bonds is 5. The molecule has 1 saturated heterocycles. The molecule has 0 spiro atoms. The molecule has 0 atom stereocenters. The van der Waals surface area contributed by atoms with Gasteiger partial charge in [-0.1, -0.05) is 18.2 Å².